The summed E-state index contributed by atoms with van der Waals surface area (Å²) >= 11 is 0. The maximum atomic E-state index is 10.9. The Balaban J connectivity index is 2.80. The molecule has 0 aliphatic rings. The van der Waals surface area contributed by atoms with E-state index in [4.69, 9.17) is 0 Å². The van der Waals surface area contributed by atoms with Crippen molar-refractivity contribution in [2.75, 3.05) is 35.7 Å². The molecule has 0 aliphatic carbocycles. The molecule has 0 spiro atoms. The van der Waals surface area contributed by atoms with Gasteiger partial charge in [-0.1, -0.05) is 6.92 Å². The van der Waals surface area contributed by atoms with E-state index in [9.17, 15) is 14.3 Å². The van der Waals surface area contributed by atoms with Gasteiger partial charge in [0.25, 0.3) is 5.69 Å². The fraction of sp³-hybridized carbons (Fsp3) is 0.545. The number of nitrogens with one attached hydrogen (secondary N) is 2. The summed E-state index contributed by atoms with van der Waals surface area (Å²) in [6.45, 7) is 3.16. The number of rotatable bonds is 8. The summed E-state index contributed by atoms with van der Waals surface area (Å²) in [4.78, 5) is 14.6. The van der Waals surface area contributed by atoms with Crippen LogP contribution in [0.25, 0.3) is 0 Å². The number of nitrogens with zero attached hydrogens (tertiary/aromatic N) is 2. The molecule has 1 aromatic rings. The second kappa shape index (κ2) is 7.67. The predicted octanol–water partition coefficient (Wildman–Crippen LogP) is 1.60. The van der Waals surface area contributed by atoms with Gasteiger partial charge in [-0.25, -0.2) is 4.98 Å². The van der Waals surface area contributed by atoms with E-state index < -0.39 is 15.7 Å². The Kier molecular flexibility index (Phi) is 6.20. The van der Waals surface area contributed by atoms with Crippen molar-refractivity contribution in [1.82, 2.24) is 4.98 Å². The van der Waals surface area contributed by atoms with E-state index in [-0.39, 0.29) is 5.69 Å². The normalized spacial score (nSPS) is 11.9. The van der Waals surface area contributed by atoms with Crippen LogP contribution in [0.15, 0.2) is 12.1 Å². The second-order valence-corrected chi connectivity index (χ2v) is 5.54. The largest absolute Gasteiger partial charge is 0.370 e. The Morgan fingerprint density at radius 1 is 1.32 bits per heavy atom. The quantitative estimate of drug-likeness (QED) is 0.556. The van der Waals surface area contributed by atoms with Crippen LogP contribution >= 0.6 is 0 Å². The van der Waals surface area contributed by atoms with Crippen LogP contribution < -0.4 is 10.6 Å². The molecule has 0 fully saturated rings. The maximum absolute atomic E-state index is 10.9. The molecule has 0 aliphatic heterocycles. The van der Waals surface area contributed by atoms with Crippen molar-refractivity contribution in [3.05, 3.63) is 22.2 Å². The monoisotopic (exact) mass is 286 g/mol. The summed E-state index contributed by atoms with van der Waals surface area (Å²) < 4.78 is 10.9. The van der Waals surface area contributed by atoms with Gasteiger partial charge < -0.3 is 10.6 Å². The number of nitro groups is 1. The Hall–Kier alpha value is -1.70. The van der Waals surface area contributed by atoms with Gasteiger partial charge in [0.15, 0.2) is 0 Å². The van der Waals surface area contributed by atoms with Crippen molar-refractivity contribution in [1.29, 1.82) is 0 Å². The van der Waals surface area contributed by atoms with Crippen molar-refractivity contribution in [2.24, 2.45) is 0 Å². The van der Waals surface area contributed by atoms with Gasteiger partial charge in [0.2, 0.25) is 0 Å². The molecule has 7 nitrogen and oxygen atoms in total. The van der Waals surface area contributed by atoms with E-state index in [0.29, 0.717) is 30.5 Å². The number of aromatic nitrogens is 1. The predicted molar refractivity (Wildman–Crippen MR) is 77.1 cm³/mol. The summed E-state index contributed by atoms with van der Waals surface area (Å²) in [6.07, 6.45) is 2.51. The Labute approximate surface area is 114 Å². The number of hydrogen-bond donors (Lipinski definition) is 2. The minimum atomic E-state index is -0.903. The fourth-order valence-electron chi connectivity index (χ4n) is 1.38. The second-order valence-electron chi connectivity index (χ2n) is 3.98. The molecule has 0 aromatic carbocycles. The molecule has 0 radical (unpaired) electrons. The van der Waals surface area contributed by atoms with Crippen molar-refractivity contribution >= 4 is 28.1 Å². The van der Waals surface area contributed by atoms with Crippen LogP contribution in [0.4, 0.5) is 17.3 Å². The highest BCUT2D eigenvalue weighted by molar-refractivity contribution is 7.84. The molecule has 0 amide bonds. The Bertz CT molecular complexity index is 467. The first-order valence-corrected chi connectivity index (χ1v) is 7.70. The smallest absolute Gasteiger partial charge is 0.276 e. The summed E-state index contributed by atoms with van der Waals surface area (Å²) in [5.74, 6) is 1.36. The molecule has 1 unspecified atom stereocenters. The Morgan fingerprint density at radius 2 is 1.89 bits per heavy atom. The van der Waals surface area contributed by atoms with Gasteiger partial charge in [-0.3, -0.25) is 14.3 Å². The van der Waals surface area contributed by atoms with Gasteiger partial charge >= 0.3 is 0 Å². The SMILES string of the molecule is CCCNc1cc([N+](=O)[O-])cc(NCCS(C)=O)n1. The van der Waals surface area contributed by atoms with Gasteiger partial charge in [0.1, 0.15) is 11.6 Å². The fourth-order valence-corrected chi connectivity index (χ4v) is 1.77. The minimum absolute atomic E-state index is 0.0197. The summed E-state index contributed by atoms with van der Waals surface area (Å²) in [6, 6.07) is 2.77. The zero-order chi connectivity index (χ0) is 14.3. The van der Waals surface area contributed by atoms with Crippen LogP contribution in [0.1, 0.15) is 13.3 Å². The van der Waals surface area contributed by atoms with Crippen LogP contribution in [0.2, 0.25) is 0 Å². The number of pyridine rings is 1. The first-order valence-electron chi connectivity index (χ1n) is 5.97. The molecular formula is C11H18N4O3S. The van der Waals surface area contributed by atoms with E-state index in [1.54, 1.807) is 6.26 Å². The standard InChI is InChI=1S/C11H18N4O3S/c1-3-4-12-10-7-9(15(16)17)8-11(14-10)13-5-6-19(2)18/h7-8H,3-6H2,1-2H3,(H2,12,13,14). The lowest BCUT2D eigenvalue weighted by Gasteiger charge is -2.08. The zero-order valence-corrected chi connectivity index (χ0v) is 11.8. The van der Waals surface area contributed by atoms with E-state index >= 15 is 0 Å². The molecule has 2 N–H and O–H groups in total. The van der Waals surface area contributed by atoms with Crippen LogP contribution in [0.5, 0.6) is 0 Å². The first kappa shape index (κ1) is 15.4. The molecule has 1 atom stereocenters. The van der Waals surface area contributed by atoms with Crippen LogP contribution in [0.3, 0.4) is 0 Å². The average Bonchev–Trinajstić information content (AvgIpc) is 2.35. The van der Waals surface area contributed by atoms with E-state index in [0.717, 1.165) is 6.42 Å². The third-order valence-electron chi connectivity index (χ3n) is 2.27. The van der Waals surface area contributed by atoms with Gasteiger partial charge in [-0.05, 0) is 6.42 Å². The van der Waals surface area contributed by atoms with E-state index in [1.807, 2.05) is 6.92 Å². The summed E-state index contributed by atoms with van der Waals surface area (Å²) in [5.41, 5.74) is -0.0197. The van der Waals surface area contributed by atoms with Crippen LogP contribution in [0, 0.1) is 10.1 Å². The third-order valence-corrected chi connectivity index (χ3v) is 3.05. The average molecular weight is 286 g/mol. The molecule has 0 saturated heterocycles. The number of hydrogen-bond acceptors (Lipinski definition) is 6. The molecule has 0 bridgehead atoms. The minimum Gasteiger partial charge on any atom is -0.370 e. The molecular weight excluding hydrogens is 268 g/mol. The van der Waals surface area contributed by atoms with Gasteiger partial charge in [0, 0.05) is 35.9 Å². The maximum Gasteiger partial charge on any atom is 0.276 e. The summed E-state index contributed by atoms with van der Waals surface area (Å²) in [5, 5.41) is 16.8. The molecule has 1 heterocycles. The van der Waals surface area contributed by atoms with Crippen LogP contribution in [-0.2, 0) is 10.8 Å². The van der Waals surface area contributed by atoms with Crippen molar-refractivity contribution < 1.29 is 9.13 Å². The van der Waals surface area contributed by atoms with E-state index in [1.165, 1.54) is 12.1 Å². The van der Waals surface area contributed by atoms with Gasteiger partial charge in [-0.2, -0.15) is 0 Å². The van der Waals surface area contributed by atoms with Crippen molar-refractivity contribution in [2.45, 2.75) is 13.3 Å². The van der Waals surface area contributed by atoms with Crippen molar-refractivity contribution in [3.8, 4) is 0 Å². The lowest BCUT2D eigenvalue weighted by Crippen LogP contribution is -2.12. The lowest BCUT2D eigenvalue weighted by molar-refractivity contribution is -0.384. The van der Waals surface area contributed by atoms with E-state index in [2.05, 4.69) is 15.6 Å². The van der Waals surface area contributed by atoms with Gasteiger partial charge in [-0.15, -0.1) is 0 Å². The molecule has 0 saturated carbocycles. The lowest BCUT2D eigenvalue weighted by atomic mass is 10.3. The highest BCUT2D eigenvalue weighted by Gasteiger charge is 2.10. The van der Waals surface area contributed by atoms with Crippen LogP contribution in [-0.4, -0.2) is 39.2 Å². The third kappa shape index (κ3) is 5.64. The molecule has 1 aromatic heterocycles. The topological polar surface area (TPSA) is 97.2 Å². The molecule has 19 heavy (non-hydrogen) atoms. The number of anilines is 2. The van der Waals surface area contributed by atoms with Crippen molar-refractivity contribution in [3.63, 3.8) is 0 Å². The highest BCUT2D eigenvalue weighted by Crippen LogP contribution is 2.20. The Morgan fingerprint density at radius 3 is 2.37 bits per heavy atom. The first-order chi connectivity index (χ1) is 9.02. The highest BCUT2D eigenvalue weighted by atomic mass is 32.2. The molecule has 106 valence electrons. The molecule has 8 heteroatoms. The molecule has 1 rings (SSSR count). The zero-order valence-electron chi connectivity index (χ0n) is 11.0. The van der Waals surface area contributed by atoms with Gasteiger partial charge in [0.05, 0.1) is 17.1 Å². The summed E-state index contributed by atoms with van der Waals surface area (Å²) in [7, 11) is -0.903.